The Labute approximate surface area is 205 Å². The molecule has 0 aromatic heterocycles. The van der Waals surface area contributed by atoms with Crippen LogP contribution in [0.25, 0.3) is 0 Å². The number of Topliss-reactive ketones (excluding diaryl/α,β-unsaturated/α-hetero) is 1. The smallest absolute Gasteiger partial charge is 0.169 e. The quantitative estimate of drug-likeness (QED) is 0.386. The van der Waals surface area contributed by atoms with Crippen molar-refractivity contribution in [2.45, 2.75) is 91.5 Å². The lowest BCUT2D eigenvalue weighted by molar-refractivity contribution is -0.231. The van der Waals surface area contributed by atoms with Crippen molar-refractivity contribution in [3.63, 3.8) is 0 Å². The molecule has 3 fully saturated rings. The molecule has 34 heavy (non-hydrogen) atoms. The number of allylic oxidation sites excluding steroid dienone is 1. The number of fused-ring (bicyclic) bond motifs is 5. The predicted molar refractivity (Wildman–Crippen MR) is 133 cm³/mol. The molecule has 0 amide bonds. The number of hydrogen-bond acceptors (Lipinski definition) is 4. The van der Waals surface area contributed by atoms with Crippen molar-refractivity contribution in [1.82, 2.24) is 0 Å². The lowest BCUT2D eigenvalue weighted by Gasteiger charge is -2.58. The number of benzene rings is 1. The second kappa shape index (κ2) is 8.78. The number of ether oxygens (including phenoxy) is 2. The van der Waals surface area contributed by atoms with Crippen molar-refractivity contribution in [1.29, 1.82) is 0 Å². The number of carbonyl (C=O) groups is 1. The summed E-state index contributed by atoms with van der Waals surface area (Å²) in [6.07, 6.45) is 10.5. The molecule has 1 aromatic rings. The van der Waals surface area contributed by atoms with Crippen LogP contribution in [0.5, 0.6) is 5.75 Å². The first kappa shape index (κ1) is 24.1. The lowest BCUT2D eigenvalue weighted by atomic mass is 9.47. The van der Waals surface area contributed by atoms with Gasteiger partial charge < -0.3 is 14.6 Å². The fourth-order valence-corrected chi connectivity index (χ4v) is 8.48. The first-order valence-corrected chi connectivity index (χ1v) is 13.5. The van der Waals surface area contributed by atoms with Crippen LogP contribution >= 0.6 is 0 Å². The molecule has 4 heteroatoms. The Bertz CT molecular complexity index is 951. The summed E-state index contributed by atoms with van der Waals surface area (Å²) in [6, 6.07) is 7.95. The van der Waals surface area contributed by atoms with Gasteiger partial charge in [-0.1, -0.05) is 37.6 Å². The zero-order valence-electron chi connectivity index (χ0n) is 21.4. The maximum atomic E-state index is 12.4. The summed E-state index contributed by atoms with van der Waals surface area (Å²) in [6.45, 7) is 9.70. The van der Waals surface area contributed by atoms with Crippen LogP contribution in [-0.4, -0.2) is 23.3 Å². The first-order valence-electron chi connectivity index (χ1n) is 13.5. The van der Waals surface area contributed by atoms with Crippen LogP contribution in [0.3, 0.4) is 0 Å². The van der Waals surface area contributed by atoms with Gasteiger partial charge in [-0.25, -0.2) is 0 Å². The highest BCUT2D eigenvalue weighted by Crippen LogP contribution is 2.66. The standard InChI is InChI=1S/C30H42O4/c1-5-33-23-9-6-21(7-10-23)19-34-30(32)17-16-28(3)22(18-30)8-11-24-26-13-12-25(20(2)31)29(26,4)15-14-27(24)28/h6-10,24-27,32H,5,11-19H2,1-4H3. The van der Waals surface area contributed by atoms with E-state index in [9.17, 15) is 9.90 Å². The molecule has 0 spiro atoms. The summed E-state index contributed by atoms with van der Waals surface area (Å²) in [5.41, 5.74) is 2.78. The van der Waals surface area contributed by atoms with Crippen LogP contribution < -0.4 is 4.74 Å². The van der Waals surface area contributed by atoms with Gasteiger partial charge in [0.15, 0.2) is 5.79 Å². The fourth-order valence-electron chi connectivity index (χ4n) is 8.48. The van der Waals surface area contributed by atoms with Gasteiger partial charge in [0.1, 0.15) is 11.5 Å². The minimum atomic E-state index is -1.09. The van der Waals surface area contributed by atoms with Crippen molar-refractivity contribution < 1.29 is 19.4 Å². The predicted octanol–water partition coefficient (Wildman–Crippen LogP) is 6.46. The van der Waals surface area contributed by atoms with Crippen molar-refractivity contribution in [2.24, 2.45) is 34.5 Å². The van der Waals surface area contributed by atoms with Crippen LogP contribution in [-0.2, 0) is 16.1 Å². The molecule has 1 aromatic carbocycles. The third-order valence-electron chi connectivity index (χ3n) is 10.4. The van der Waals surface area contributed by atoms with Gasteiger partial charge >= 0.3 is 0 Å². The van der Waals surface area contributed by atoms with Gasteiger partial charge in [-0.3, -0.25) is 4.79 Å². The lowest BCUT2D eigenvalue weighted by Crippen LogP contribution is -2.52. The van der Waals surface area contributed by atoms with E-state index in [0.29, 0.717) is 49.6 Å². The van der Waals surface area contributed by atoms with E-state index in [1.165, 1.54) is 24.8 Å². The molecule has 5 rings (SSSR count). The van der Waals surface area contributed by atoms with Crippen molar-refractivity contribution in [3.05, 3.63) is 41.5 Å². The van der Waals surface area contributed by atoms with Gasteiger partial charge in [-0.05, 0) is 98.7 Å². The van der Waals surface area contributed by atoms with E-state index < -0.39 is 5.79 Å². The maximum absolute atomic E-state index is 12.4. The summed E-state index contributed by atoms with van der Waals surface area (Å²) in [5.74, 6) is 2.41. The summed E-state index contributed by atoms with van der Waals surface area (Å²) in [7, 11) is 0. The zero-order chi connectivity index (χ0) is 24.1. The van der Waals surface area contributed by atoms with E-state index in [1.54, 1.807) is 6.92 Å². The van der Waals surface area contributed by atoms with Gasteiger partial charge in [0, 0.05) is 18.8 Å². The van der Waals surface area contributed by atoms with Crippen molar-refractivity contribution in [2.75, 3.05) is 6.61 Å². The van der Waals surface area contributed by atoms with E-state index in [4.69, 9.17) is 9.47 Å². The normalized spacial score (nSPS) is 41.1. The Hall–Kier alpha value is -1.65. The van der Waals surface area contributed by atoms with E-state index in [2.05, 4.69) is 19.9 Å². The van der Waals surface area contributed by atoms with Crippen molar-refractivity contribution in [3.8, 4) is 5.75 Å². The molecule has 4 nitrogen and oxygen atoms in total. The average molecular weight is 467 g/mol. The third kappa shape index (κ3) is 3.95. The number of hydrogen-bond donors (Lipinski definition) is 1. The van der Waals surface area contributed by atoms with E-state index in [-0.39, 0.29) is 16.7 Å². The molecule has 0 heterocycles. The number of carbonyl (C=O) groups excluding carboxylic acids is 1. The van der Waals surface area contributed by atoms with Crippen LogP contribution in [0.1, 0.15) is 84.6 Å². The van der Waals surface area contributed by atoms with Gasteiger partial charge in [-0.15, -0.1) is 0 Å². The van der Waals surface area contributed by atoms with Gasteiger partial charge in [0.25, 0.3) is 0 Å². The molecule has 0 saturated heterocycles. The topological polar surface area (TPSA) is 55.8 Å². The zero-order valence-corrected chi connectivity index (χ0v) is 21.4. The highest BCUT2D eigenvalue weighted by atomic mass is 16.6. The van der Waals surface area contributed by atoms with E-state index in [0.717, 1.165) is 30.6 Å². The molecule has 0 bridgehead atoms. The molecule has 4 aliphatic rings. The summed E-state index contributed by atoms with van der Waals surface area (Å²) >= 11 is 0. The Morgan fingerprint density at radius 1 is 1.06 bits per heavy atom. The summed E-state index contributed by atoms with van der Waals surface area (Å²) in [4.78, 5) is 12.4. The number of aliphatic hydroxyl groups is 1. The number of rotatable bonds is 6. The van der Waals surface area contributed by atoms with Gasteiger partial charge in [-0.2, -0.15) is 0 Å². The Balaban J connectivity index is 1.28. The molecule has 7 atom stereocenters. The SMILES string of the molecule is CCOc1ccc(COC2(O)CCC3(C)C(=CCC4C3CCC3(C)C(C(C)=O)CCC43)C2)cc1. The van der Waals surface area contributed by atoms with Crippen LogP contribution in [0.15, 0.2) is 35.9 Å². The second-order valence-corrected chi connectivity index (χ2v) is 12.0. The summed E-state index contributed by atoms with van der Waals surface area (Å²) in [5, 5.41) is 11.4. The van der Waals surface area contributed by atoms with E-state index >= 15 is 0 Å². The fraction of sp³-hybridized carbons (Fsp3) is 0.700. The second-order valence-electron chi connectivity index (χ2n) is 12.0. The minimum Gasteiger partial charge on any atom is -0.494 e. The molecule has 3 saturated carbocycles. The minimum absolute atomic E-state index is 0.146. The van der Waals surface area contributed by atoms with Gasteiger partial charge in [0.05, 0.1) is 13.2 Å². The molecular formula is C30H42O4. The van der Waals surface area contributed by atoms with Crippen molar-refractivity contribution >= 4 is 5.78 Å². The average Bonchev–Trinajstić information content (AvgIpc) is 3.17. The Kier molecular flexibility index (Phi) is 6.21. The Morgan fingerprint density at radius 2 is 1.82 bits per heavy atom. The molecule has 0 aliphatic heterocycles. The first-order chi connectivity index (χ1) is 16.2. The monoisotopic (exact) mass is 466 g/mol. The number of ketones is 1. The molecular weight excluding hydrogens is 424 g/mol. The third-order valence-corrected chi connectivity index (χ3v) is 10.4. The Morgan fingerprint density at radius 3 is 2.53 bits per heavy atom. The van der Waals surface area contributed by atoms with E-state index in [1.807, 2.05) is 31.2 Å². The summed E-state index contributed by atoms with van der Waals surface area (Å²) < 4.78 is 11.7. The molecule has 4 aliphatic carbocycles. The maximum Gasteiger partial charge on any atom is 0.169 e. The largest absolute Gasteiger partial charge is 0.494 e. The van der Waals surface area contributed by atoms with Gasteiger partial charge in [0.2, 0.25) is 0 Å². The highest BCUT2D eigenvalue weighted by molar-refractivity contribution is 5.79. The molecule has 0 radical (unpaired) electrons. The van der Waals surface area contributed by atoms with Crippen LogP contribution in [0.4, 0.5) is 0 Å². The molecule has 1 N–H and O–H groups in total. The van der Waals surface area contributed by atoms with Crippen LogP contribution in [0, 0.1) is 34.5 Å². The molecule has 7 unspecified atom stereocenters. The molecule has 186 valence electrons. The van der Waals surface area contributed by atoms with Crippen LogP contribution in [0.2, 0.25) is 0 Å². The highest BCUT2D eigenvalue weighted by Gasteiger charge is 2.60.